The topological polar surface area (TPSA) is 17.1 Å². The molecule has 0 saturated carbocycles. The van der Waals surface area contributed by atoms with E-state index < -0.39 is 0 Å². The van der Waals surface area contributed by atoms with Gasteiger partial charge in [0.15, 0.2) is 5.78 Å². The van der Waals surface area contributed by atoms with Crippen LogP contribution in [0.25, 0.3) is 5.57 Å². The van der Waals surface area contributed by atoms with Crippen LogP contribution in [0.4, 0.5) is 0 Å². The molecule has 14 heavy (non-hydrogen) atoms. The number of carbonyl (C=O) groups is 1. The van der Waals surface area contributed by atoms with Crippen molar-refractivity contribution in [2.45, 2.75) is 26.2 Å². The molecule has 0 fully saturated rings. The molecule has 1 aromatic rings. The van der Waals surface area contributed by atoms with Gasteiger partial charge in [-0.2, -0.15) is 0 Å². The molecule has 0 amide bonds. The smallest absolute Gasteiger partial charge is 0.158 e. The summed E-state index contributed by atoms with van der Waals surface area (Å²) in [4.78, 5) is 11.5. The number of ketones is 1. The highest BCUT2D eigenvalue weighted by Crippen LogP contribution is 2.29. The lowest BCUT2D eigenvalue weighted by Crippen LogP contribution is -2.08. The van der Waals surface area contributed by atoms with E-state index in [0.29, 0.717) is 5.78 Å². The molecule has 0 atom stereocenters. The molecule has 0 radical (unpaired) electrons. The van der Waals surface area contributed by atoms with Gasteiger partial charge in [0, 0.05) is 6.42 Å². The second-order valence-electron chi connectivity index (χ2n) is 3.75. The van der Waals surface area contributed by atoms with Crippen molar-refractivity contribution in [3.63, 3.8) is 0 Å². The molecule has 0 unspecified atom stereocenters. The van der Waals surface area contributed by atoms with Gasteiger partial charge in [0.2, 0.25) is 0 Å². The summed E-state index contributed by atoms with van der Waals surface area (Å²) < 4.78 is 0. The molecule has 2 rings (SSSR count). The summed E-state index contributed by atoms with van der Waals surface area (Å²) >= 11 is 0. The largest absolute Gasteiger partial charge is 0.295 e. The minimum atomic E-state index is 0.315. The molecule has 0 spiro atoms. The van der Waals surface area contributed by atoms with Gasteiger partial charge in [-0.3, -0.25) is 4.79 Å². The number of rotatable bonds is 1. The fourth-order valence-electron chi connectivity index (χ4n) is 1.97. The maximum Gasteiger partial charge on any atom is 0.158 e. The van der Waals surface area contributed by atoms with Crippen molar-refractivity contribution >= 4 is 11.4 Å². The summed E-state index contributed by atoms with van der Waals surface area (Å²) in [5.41, 5.74) is 3.40. The van der Waals surface area contributed by atoms with Crippen LogP contribution in [0.1, 0.15) is 31.7 Å². The van der Waals surface area contributed by atoms with Gasteiger partial charge in [-0.15, -0.1) is 0 Å². The molecule has 0 aliphatic heterocycles. The van der Waals surface area contributed by atoms with Gasteiger partial charge in [0.1, 0.15) is 0 Å². The normalized spacial score (nSPS) is 17.4. The number of Topliss-reactive ketones (excluding diaryl/α,β-unsaturated/α-hetero) is 1. The third-order valence-corrected chi connectivity index (χ3v) is 2.82. The Hall–Kier alpha value is -1.37. The number of carbonyl (C=O) groups excluding carboxylic acids is 1. The minimum Gasteiger partial charge on any atom is -0.295 e. The van der Waals surface area contributed by atoms with E-state index in [0.717, 1.165) is 24.8 Å². The molecule has 0 saturated heterocycles. The first-order valence-electron chi connectivity index (χ1n) is 5.07. The van der Waals surface area contributed by atoms with Gasteiger partial charge in [-0.05, 0) is 36.5 Å². The Bertz CT molecular complexity index is 373. The van der Waals surface area contributed by atoms with E-state index in [2.05, 4.69) is 12.1 Å². The highest BCUT2D eigenvalue weighted by atomic mass is 16.1. The summed E-state index contributed by atoms with van der Waals surface area (Å²) in [5.74, 6) is 0.315. The van der Waals surface area contributed by atoms with Crippen LogP contribution < -0.4 is 0 Å². The summed E-state index contributed by atoms with van der Waals surface area (Å²) in [6.45, 7) is 1.95. The van der Waals surface area contributed by atoms with Crippen LogP contribution >= 0.6 is 0 Å². The van der Waals surface area contributed by atoms with Gasteiger partial charge in [-0.1, -0.05) is 30.3 Å². The first-order valence-corrected chi connectivity index (χ1v) is 5.07. The molecule has 0 bridgehead atoms. The predicted octanol–water partition coefficient (Wildman–Crippen LogP) is 3.21. The van der Waals surface area contributed by atoms with Crippen molar-refractivity contribution in [3.05, 3.63) is 41.5 Å². The second kappa shape index (κ2) is 3.79. The molecule has 0 heterocycles. The predicted molar refractivity (Wildman–Crippen MR) is 57.9 cm³/mol. The van der Waals surface area contributed by atoms with Gasteiger partial charge in [-0.25, -0.2) is 0 Å². The second-order valence-corrected chi connectivity index (χ2v) is 3.75. The van der Waals surface area contributed by atoms with Gasteiger partial charge < -0.3 is 0 Å². The van der Waals surface area contributed by atoms with Gasteiger partial charge in [0.25, 0.3) is 0 Å². The van der Waals surface area contributed by atoms with Crippen molar-refractivity contribution in [1.82, 2.24) is 0 Å². The molecule has 1 nitrogen and oxygen atoms in total. The molecule has 0 N–H and O–H groups in total. The molecule has 0 aromatic heterocycles. The van der Waals surface area contributed by atoms with Crippen LogP contribution in [-0.4, -0.2) is 5.78 Å². The van der Waals surface area contributed by atoms with E-state index in [-0.39, 0.29) is 0 Å². The zero-order valence-electron chi connectivity index (χ0n) is 8.42. The number of hydrogen-bond acceptors (Lipinski definition) is 1. The van der Waals surface area contributed by atoms with E-state index in [4.69, 9.17) is 0 Å². The molecule has 1 aliphatic rings. The third-order valence-electron chi connectivity index (χ3n) is 2.82. The summed E-state index contributed by atoms with van der Waals surface area (Å²) in [5, 5.41) is 0. The summed E-state index contributed by atoms with van der Waals surface area (Å²) in [7, 11) is 0. The average Bonchev–Trinajstić information content (AvgIpc) is 2.23. The highest BCUT2D eigenvalue weighted by molar-refractivity contribution is 6.03. The fourth-order valence-corrected chi connectivity index (χ4v) is 1.97. The lowest BCUT2D eigenvalue weighted by atomic mass is 9.87. The number of hydrogen-bond donors (Lipinski definition) is 0. The Morgan fingerprint density at radius 2 is 1.79 bits per heavy atom. The standard InChI is InChI=1S/C13H14O/c1-10-12(8-5-9-13(10)14)11-6-3-2-4-7-11/h2-4,6-7H,5,8-9H2,1H3. The molecular formula is C13H14O. The Morgan fingerprint density at radius 1 is 1.07 bits per heavy atom. The maximum absolute atomic E-state index is 11.5. The van der Waals surface area contributed by atoms with E-state index in [1.165, 1.54) is 11.1 Å². The first-order chi connectivity index (χ1) is 6.79. The molecule has 1 heteroatoms. The van der Waals surface area contributed by atoms with Crippen molar-refractivity contribution in [2.75, 3.05) is 0 Å². The van der Waals surface area contributed by atoms with E-state index in [1.807, 2.05) is 25.1 Å². The fraction of sp³-hybridized carbons (Fsp3) is 0.308. The van der Waals surface area contributed by atoms with Crippen LogP contribution in [-0.2, 0) is 4.79 Å². The zero-order chi connectivity index (χ0) is 9.97. The quantitative estimate of drug-likeness (QED) is 0.658. The lowest BCUT2D eigenvalue weighted by molar-refractivity contribution is -0.115. The van der Waals surface area contributed by atoms with Crippen LogP contribution in [0.2, 0.25) is 0 Å². The monoisotopic (exact) mass is 186 g/mol. The van der Waals surface area contributed by atoms with Crippen LogP contribution in [0.5, 0.6) is 0 Å². The van der Waals surface area contributed by atoms with Gasteiger partial charge >= 0.3 is 0 Å². The van der Waals surface area contributed by atoms with Gasteiger partial charge in [0.05, 0.1) is 0 Å². The average molecular weight is 186 g/mol. The zero-order valence-corrected chi connectivity index (χ0v) is 8.42. The Kier molecular flexibility index (Phi) is 2.49. The highest BCUT2D eigenvalue weighted by Gasteiger charge is 2.17. The van der Waals surface area contributed by atoms with E-state index in [9.17, 15) is 4.79 Å². The maximum atomic E-state index is 11.5. The Balaban J connectivity index is 2.43. The van der Waals surface area contributed by atoms with Crippen LogP contribution in [0.15, 0.2) is 35.9 Å². The number of benzene rings is 1. The van der Waals surface area contributed by atoms with Crippen molar-refractivity contribution in [3.8, 4) is 0 Å². The Morgan fingerprint density at radius 3 is 2.50 bits per heavy atom. The first kappa shape index (κ1) is 9.20. The SMILES string of the molecule is CC1=C(c2ccccc2)CCCC1=O. The van der Waals surface area contributed by atoms with Crippen molar-refractivity contribution < 1.29 is 4.79 Å². The van der Waals surface area contributed by atoms with E-state index in [1.54, 1.807) is 0 Å². The van der Waals surface area contributed by atoms with Crippen LogP contribution in [0, 0.1) is 0 Å². The minimum absolute atomic E-state index is 0.315. The van der Waals surface area contributed by atoms with Crippen molar-refractivity contribution in [1.29, 1.82) is 0 Å². The lowest BCUT2D eigenvalue weighted by Gasteiger charge is -2.16. The third kappa shape index (κ3) is 1.63. The van der Waals surface area contributed by atoms with Crippen molar-refractivity contribution in [2.24, 2.45) is 0 Å². The summed E-state index contributed by atoms with van der Waals surface area (Å²) in [6.07, 6.45) is 2.77. The summed E-state index contributed by atoms with van der Waals surface area (Å²) in [6, 6.07) is 10.2. The molecule has 1 aliphatic carbocycles. The molecular weight excluding hydrogens is 172 g/mol. The van der Waals surface area contributed by atoms with E-state index >= 15 is 0 Å². The molecule has 1 aromatic carbocycles. The Labute approximate surface area is 84.5 Å². The molecule has 72 valence electrons. The van der Waals surface area contributed by atoms with Crippen LogP contribution in [0.3, 0.4) is 0 Å². The number of allylic oxidation sites excluding steroid dienone is 2.